The standard InChI is InChI=1S/C23H17Cl2N3O3S/c1-31-15-11-9-14(10-12-15)28-22(30)16-5-2-3-7-18(16)27-23(28)32-13-20(29)26-19-8-4-6-17(24)21(19)25/h2-12H,13H2,1H3,(H,26,29). The third-order valence-electron chi connectivity index (χ3n) is 4.63. The molecule has 1 heterocycles. The van der Waals surface area contributed by atoms with E-state index in [1.165, 1.54) is 4.57 Å². The number of nitrogens with zero attached hydrogens (tertiary/aromatic N) is 2. The first-order chi connectivity index (χ1) is 15.5. The molecule has 32 heavy (non-hydrogen) atoms. The molecule has 4 aromatic rings. The zero-order valence-corrected chi connectivity index (χ0v) is 19.2. The van der Waals surface area contributed by atoms with Crippen LogP contribution in [0.25, 0.3) is 16.6 Å². The molecular weight excluding hydrogens is 469 g/mol. The average Bonchev–Trinajstić information content (AvgIpc) is 2.81. The van der Waals surface area contributed by atoms with Crippen LogP contribution in [0.5, 0.6) is 5.75 Å². The molecule has 0 aliphatic carbocycles. The van der Waals surface area contributed by atoms with Crippen LogP contribution in [0, 0.1) is 0 Å². The van der Waals surface area contributed by atoms with Crippen molar-refractivity contribution in [2.75, 3.05) is 18.2 Å². The van der Waals surface area contributed by atoms with E-state index in [0.717, 1.165) is 11.8 Å². The van der Waals surface area contributed by atoms with Crippen LogP contribution in [0.3, 0.4) is 0 Å². The van der Waals surface area contributed by atoms with Crippen molar-refractivity contribution in [3.05, 3.63) is 87.1 Å². The third-order valence-corrected chi connectivity index (χ3v) is 6.39. The number of ether oxygens (including phenoxy) is 1. The second-order valence-electron chi connectivity index (χ2n) is 6.69. The topological polar surface area (TPSA) is 73.2 Å². The first-order valence-electron chi connectivity index (χ1n) is 9.51. The number of fused-ring (bicyclic) bond motifs is 1. The number of hydrogen-bond acceptors (Lipinski definition) is 5. The predicted octanol–water partition coefficient (Wildman–Crippen LogP) is 5.43. The molecule has 0 bridgehead atoms. The van der Waals surface area contributed by atoms with Crippen molar-refractivity contribution in [1.29, 1.82) is 0 Å². The van der Waals surface area contributed by atoms with Gasteiger partial charge in [-0.15, -0.1) is 0 Å². The fourth-order valence-electron chi connectivity index (χ4n) is 3.08. The first kappa shape index (κ1) is 22.2. The molecule has 0 aliphatic heterocycles. The van der Waals surface area contributed by atoms with Gasteiger partial charge in [-0.3, -0.25) is 14.2 Å². The highest BCUT2D eigenvalue weighted by Crippen LogP contribution is 2.30. The maximum absolute atomic E-state index is 13.3. The van der Waals surface area contributed by atoms with Gasteiger partial charge in [0.05, 0.1) is 45.2 Å². The Labute approximate surface area is 198 Å². The maximum atomic E-state index is 13.3. The minimum absolute atomic E-state index is 0.0176. The second-order valence-corrected chi connectivity index (χ2v) is 8.42. The van der Waals surface area contributed by atoms with Crippen LogP contribution in [0.2, 0.25) is 10.0 Å². The number of carbonyl (C=O) groups is 1. The number of benzene rings is 3. The highest BCUT2D eigenvalue weighted by atomic mass is 35.5. The van der Waals surface area contributed by atoms with Gasteiger partial charge in [-0.25, -0.2) is 4.98 Å². The van der Waals surface area contributed by atoms with Crippen LogP contribution in [0.1, 0.15) is 0 Å². The molecule has 162 valence electrons. The summed E-state index contributed by atoms with van der Waals surface area (Å²) in [5.41, 5.74) is 1.38. The Morgan fingerprint density at radius 1 is 1.06 bits per heavy atom. The number of amides is 1. The summed E-state index contributed by atoms with van der Waals surface area (Å²) in [6.45, 7) is 0. The quantitative estimate of drug-likeness (QED) is 0.291. The molecule has 0 saturated heterocycles. The number of para-hydroxylation sites is 1. The van der Waals surface area contributed by atoms with E-state index >= 15 is 0 Å². The number of halogens is 2. The zero-order chi connectivity index (χ0) is 22.7. The average molecular weight is 486 g/mol. The highest BCUT2D eigenvalue weighted by Gasteiger charge is 2.16. The molecule has 0 spiro atoms. The number of anilines is 1. The van der Waals surface area contributed by atoms with Gasteiger partial charge in [-0.05, 0) is 48.5 Å². The highest BCUT2D eigenvalue weighted by molar-refractivity contribution is 7.99. The summed E-state index contributed by atoms with van der Waals surface area (Å²) in [6.07, 6.45) is 0. The predicted molar refractivity (Wildman–Crippen MR) is 130 cm³/mol. The largest absolute Gasteiger partial charge is 0.497 e. The Morgan fingerprint density at radius 2 is 1.81 bits per heavy atom. The van der Waals surface area contributed by atoms with Gasteiger partial charge < -0.3 is 10.1 Å². The monoisotopic (exact) mass is 485 g/mol. The van der Waals surface area contributed by atoms with Gasteiger partial charge in [0, 0.05) is 0 Å². The lowest BCUT2D eigenvalue weighted by atomic mass is 10.2. The van der Waals surface area contributed by atoms with E-state index in [2.05, 4.69) is 10.3 Å². The number of thioether (sulfide) groups is 1. The van der Waals surface area contributed by atoms with Gasteiger partial charge in [0.1, 0.15) is 5.75 Å². The van der Waals surface area contributed by atoms with E-state index in [-0.39, 0.29) is 22.2 Å². The van der Waals surface area contributed by atoms with Gasteiger partial charge in [-0.2, -0.15) is 0 Å². The van der Waals surface area contributed by atoms with Gasteiger partial charge in [0.2, 0.25) is 5.91 Å². The first-order valence-corrected chi connectivity index (χ1v) is 11.2. The Balaban J connectivity index is 1.67. The third kappa shape index (κ3) is 4.60. The van der Waals surface area contributed by atoms with Crippen LogP contribution in [-0.4, -0.2) is 28.3 Å². The van der Waals surface area contributed by atoms with Crippen molar-refractivity contribution < 1.29 is 9.53 Å². The van der Waals surface area contributed by atoms with Crippen LogP contribution in [-0.2, 0) is 4.79 Å². The minimum atomic E-state index is -0.303. The molecule has 9 heteroatoms. The lowest BCUT2D eigenvalue weighted by Crippen LogP contribution is -2.23. The van der Waals surface area contributed by atoms with E-state index in [1.807, 2.05) is 6.07 Å². The Morgan fingerprint density at radius 3 is 2.56 bits per heavy atom. The molecule has 0 aliphatic rings. The Kier molecular flexibility index (Phi) is 6.69. The summed E-state index contributed by atoms with van der Waals surface area (Å²) in [7, 11) is 1.57. The molecule has 3 aromatic carbocycles. The van der Waals surface area contributed by atoms with Gasteiger partial charge >= 0.3 is 0 Å². The number of nitrogens with one attached hydrogen (secondary N) is 1. The van der Waals surface area contributed by atoms with E-state index in [1.54, 1.807) is 67.8 Å². The molecule has 4 rings (SSSR count). The number of aromatic nitrogens is 2. The molecule has 0 fully saturated rings. The Bertz CT molecular complexity index is 1360. The van der Waals surface area contributed by atoms with E-state index in [4.69, 9.17) is 27.9 Å². The molecule has 6 nitrogen and oxygen atoms in total. The summed E-state index contributed by atoms with van der Waals surface area (Å²) in [5.74, 6) is 0.384. The summed E-state index contributed by atoms with van der Waals surface area (Å²) in [5, 5.41) is 4.24. The lowest BCUT2D eigenvalue weighted by molar-refractivity contribution is -0.113. The van der Waals surface area contributed by atoms with Crippen molar-refractivity contribution in [3.63, 3.8) is 0 Å². The minimum Gasteiger partial charge on any atom is -0.497 e. The SMILES string of the molecule is COc1ccc(-n2c(SCC(=O)Nc3cccc(Cl)c3Cl)nc3ccccc3c2=O)cc1. The van der Waals surface area contributed by atoms with Crippen molar-refractivity contribution in [2.45, 2.75) is 5.16 Å². The summed E-state index contributed by atoms with van der Waals surface area (Å²) < 4.78 is 6.70. The summed E-state index contributed by atoms with van der Waals surface area (Å²) in [4.78, 5) is 30.5. The van der Waals surface area contributed by atoms with Crippen LogP contribution in [0.15, 0.2) is 76.7 Å². The van der Waals surface area contributed by atoms with Crippen LogP contribution < -0.4 is 15.6 Å². The molecule has 0 unspecified atom stereocenters. The van der Waals surface area contributed by atoms with Gasteiger partial charge in [0.25, 0.3) is 5.56 Å². The fourth-order valence-corrected chi connectivity index (χ4v) is 4.25. The summed E-state index contributed by atoms with van der Waals surface area (Å²) >= 11 is 13.3. The molecule has 1 amide bonds. The smallest absolute Gasteiger partial charge is 0.266 e. The van der Waals surface area contributed by atoms with Crippen molar-refractivity contribution in [3.8, 4) is 11.4 Å². The van der Waals surface area contributed by atoms with E-state index < -0.39 is 0 Å². The normalized spacial score (nSPS) is 10.8. The van der Waals surface area contributed by atoms with Crippen LogP contribution in [0.4, 0.5) is 5.69 Å². The Hall–Kier alpha value is -3.00. The zero-order valence-electron chi connectivity index (χ0n) is 16.8. The number of carbonyl (C=O) groups excluding carboxylic acids is 1. The lowest BCUT2D eigenvalue weighted by Gasteiger charge is -2.14. The van der Waals surface area contributed by atoms with Crippen molar-refractivity contribution >= 4 is 57.5 Å². The number of hydrogen-bond donors (Lipinski definition) is 1. The maximum Gasteiger partial charge on any atom is 0.266 e. The van der Waals surface area contributed by atoms with Crippen molar-refractivity contribution in [2.24, 2.45) is 0 Å². The van der Waals surface area contributed by atoms with E-state index in [0.29, 0.717) is 38.2 Å². The molecule has 1 aromatic heterocycles. The molecule has 0 radical (unpaired) electrons. The number of rotatable bonds is 6. The second kappa shape index (κ2) is 9.65. The number of methoxy groups -OCH3 is 1. The van der Waals surface area contributed by atoms with E-state index in [9.17, 15) is 9.59 Å². The fraction of sp³-hybridized carbons (Fsp3) is 0.0870. The van der Waals surface area contributed by atoms with Crippen molar-refractivity contribution in [1.82, 2.24) is 9.55 Å². The van der Waals surface area contributed by atoms with Gasteiger partial charge in [0.15, 0.2) is 5.16 Å². The molecule has 0 saturated carbocycles. The molecule has 0 atom stereocenters. The molecule has 1 N–H and O–H groups in total. The summed E-state index contributed by atoms with van der Waals surface area (Å²) in [6, 6.07) is 19.2. The van der Waals surface area contributed by atoms with Gasteiger partial charge in [-0.1, -0.05) is 53.2 Å². The van der Waals surface area contributed by atoms with Crippen LogP contribution >= 0.6 is 35.0 Å². The molecular formula is C23H17Cl2N3O3S.